The minimum absolute atomic E-state index is 0.166. The largest absolute Gasteiger partial charge is 0.497 e. The highest BCUT2D eigenvalue weighted by Crippen LogP contribution is 2.31. The first-order valence-corrected chi connectivity index (χ1v) is 13.9. The summed E-state index contributed by atoms with van der Waals surface area (Å²) in [6.07, 6.45) is 0.703. The Labute approximate surface area is 234 Å². The first-order chi connectivity index (χ1) is 19.4. The summed E-state index contributed by atoms with van der Waals surface area (Å²) in [4.78, 5) is 11.4. The van der Waals surface area contributed by atoms with Crippen LogP contribution in [0.15, 0.2) is 95.9 Å². The molecule has 4 aromatic rings. The van der Waals surface area contributed by atoms with E-state index in [0.717, 1.165) is 16.7 Å². The first-order valence-electron chi connectivity index (χ1n) is 12.5. The summed E-state index contributed by atoms with van der Waals surface area (Å²) in [6.45, 7) is 0.520. The van der Waals surface area contributed by atoms with Gasteiger partial charge in [0.1, 0.15) is 18.1 Å². The van der Waals surface area contributed by atoms with Crippen molar-refractivity contribution in [3.63, 3.8) is 0 Å². The number of benzene rings is 4. The monoisotopic (exact) mass is 561 g/mol. The van der Waals surface area contributed by atoms with Crippen LogP contribution in [0.5, 0.6) is 23.0 Å². The summed E-state index contributed by atoms with van der Waals surface area (Å²) in [7, 11) is 0.782. The molecule has 0 spiro atoms. The molecule has 4 rings (SSSR count). The highest BCUT2D eigenvalue weighted by molar-refractivity contribution is 7.89. The van der Waals surface area contributed by atoms with Crippen molar-refractivity contribution in [3.8, 4) is 23.0 Å². The molecule has 0 fully saturated rings. The molecule has 208 valence electrons. The van der Waals surface area contributed by atoms with E-state index in [-0.39, 0.29) is 24.6 Å². The Hall–Kier alpha value is -4.34. The Morgan fingerprint density at radius 2 is 1.20 bits per heavy atom. The molecule has 0 amide bonds. The van der Waals surface area contributed by atoms with E-state index in [1.807, 2.05) is 48.5 Å². The van der Waals surface area contributed by atoms with Gasteiger partial charge in [-0.05, 0) is 65.2 Å². The maximum absolute atomic E-state index is 13.8. The Kier molecular flexibility index (Phi) is 9.42. The number of para-hydroxylation sites is 1. The fourth-order valence-electron chi connectivity index (χ4n) is 4.12. The van der Waals surface area contributed by atoms with Crippen LogP contribution < -0.4 is 18.9 Å². The van der Waals surface area contributed by atoms with Crippen molar-refractivity contribution < 1.29 is 32.2 Å². The summed E-state index contributed by atoms with van der Waals surface area (Å²) in [6, 6.07) is 26.3. The molecule has 0 unspecified atom stereocenters. The molecule has 0 atom stereocenters. The molecule has 0 saturated carbocycles. The highest BCUT2D eigenvalue weighted by atomic mass is 32.2. The standard InChI is InChI=1S/C31H31NO7S/c1-36-27-13-7-23(8-14-27)19-32(20-24-9-15-28(37-2)16-10-24)40(34,35)29-17-11-25(12-18-29)22-39-30-6-4-5-26(21-33)31(30)38-3/h4-18,21H,19-20,22H2,1-3H3. The van der Waals surface area contributed by atoms with Crippen molar-refractivity contribution in [1.82, 2.24) is 4.31 Å². The van der Waals surface area contributed by atoms with Crippen LogP contribution in [-0.4, -0.2) is 40.3 Å². The first kappa shape index (κ1) is 28.7. The Morgan fingerprint density at radius 1 is 0.675 bits per heavy atom. The molecule has 0 radical (unpaired) electrons. The van der Waals surface area contributed by atoms with Gasteiger partial charge in [-0.3, -0.25) is 4.79 Å². The minimum Gasteiger partial charge on any atom is -0.497 e. The maximum Gasteiger partial charge on any atom is 0.243 e. The van der Waals surface area contributed by atoms with E-state index >= 15 is 0 Å². The summed E-state index contributed by atoms with van der Waals surface area (Å²) < 4.78 is 50.7. The van der Waals surface area contributed by atoms with Gasteiger partial charge in [0.05, 0.1) is 31.8 Å². The zero-order valence-electron chi connectivity index (χ0n) is 22.6. The van der Waals surface area contributed by atoms with Crippen molar-refractivity contribution in [1.29, 1.82) is 0 Å². The van der Waals surface area contributed by atoms with Crippen LogP contribution in [0.25, 0.3) is 0 Å². The molecular weight excluding hydrogens is 530 g/mol. The van der Waals surface area contributed by atoms with Gasteiger partial charge in [-0.1, -0.05) is 42.5 Å². The van der Waals surface area contributed by atoms with Gasteiger partial charge in [-0.25, -0.2) is 8.42 Å². The lowest BCUT2D eigenvalue weighted by molar-refractivity contribution is 0.111. The van der Waals surface area contributed by atoms with Crippen molar-refractivity contribution in [2.75, 3.05) is 21.3 Å². The number of methoxy groups -OCH3 is 3. The molecule has 40 heavy (non-hydrogen) atoms. The van der Waals surface area contributed by atoms with Crippen molar-refractivity contribution in [3.05, 3.63) is 113 Å². The Balaban J connectivity index is 1.55. The van der Waals surface area contributed by atoms with Crippen LogP contribution in [0.4, 0.5) is 0 Å². The average molecular weight is 562 g/mol. The molecule has 0 aromatic heterocycles. The van der Waals surface area contributed by atoms with E-state index in [0.29, 0.717) is 34.8 Å². The number of sulfonamides is 1. The number of carbonyl (C=O) groups is 1. The Bertz CT molecular complexity index is 1470. The number of aldehydes is 1. The molecule has 9 heteroatoms. The van der Waals surface area contributed by atoms with Crippen molar-refractivity contribution in [2.24, 2.45) is 0 Å². The normalized spacial score (nSPS) is 11.2. The lowest BCUT2D eigenvalue weighted by atomic mass is 10.2. The summed E-state index contributed by atoms with van der Waals surface area (Å²) in [5.74, 6) is 2.17. The molecule has 0 saturated heterocycles. The van der Waals surface area contributed by atoms with E-state index in [4.69, 9.17) is 18.9 Å². The zero-order chi connectivity index (χ0) is 28.5. The van der Waals surface area contributed by atoms with Crippen LogP contribution in [0.3, 0.4) is 0 Å². The third-order valence-corrected chi connectivity index (χ3v) is 8.14. The average Bonchev–Trinajstić information content (AvgIpc) is 3.00. The molecule has 0 N–H and O–H groups in total. The number of nitrogens with zero attached hydrogens (tertiary/aromatic N) is 1. The molecule has 4 aromatic carbocycles. The van der Waals surface area contributed by atoms with Gasteiger partial charge in [0.15, 0.2) is 17.8 Å². The second-order valence-electron chi connectivity index (χ2n) is 8.90. The highest BCUT2D eigenvalue weighted by Gasteiger charge is 2.25. The molecule has 0 aliphatic heterocycles. The van der Waals surface area contributed by atoms with Gasteiger partial charge >= 0.3 is 0 Å². The summed E-state index contributed by atoms with van der Waals surface area (Å²) >= 11 is 0. The van der Waals surface area contributed by atoms with Gasteiger partial charge in [-0.15, -0.1) is 0 Å². The molecule has 0 aliphatic rings. The van der Waals surface area contributed by atoms with Gasteiger partial charge in [0.25, 0.3) is 0 Å². The summed E-state index contributed by atoms with van der Waals surface area (Å²) in [5, 5.41) is 0. The molecule has 0 heterocycles. The van der Waals surface area contributed by atoms with Crippen molar-refractivity contribution in [2.45, 2.75) is 24.6 Å². The van der Waals surface area contributed by atoms with E-state index < -0.39 is 10.0 Å². The molecule has 8 nitrogen and oxygen atoms in total. The predicted octanol–water partition coefficient (Wildman–Crippen LogP) is 5.50. The second-order valence-corrected chi connectivity index (χ2v) is 10.8. The van der Waals surface area contributed by atoms with Gasteiger partial charge in [0, 0.05) is 13.1 Å². The van der Waals surface area contributed by atoms with Crippen LogP contribution in [0.1, 0.15) is 27.0 Å². The van der Waals surface area contributed by atoms with E-state index in [2.05, 4.69) is 0 Å². The van der Waals surface area contributed by atoms with Gasteiger partial charge in [0.2, 0.25) is 10.0 Å². The van der Waals surface area contributed by atoms with Crippen LogP contribution in [-0.2, 0) is 29.7 Å². The number of rotatable bonds is 13. The quantitative estimate of drug-likeness (QED) is 0.199. The zero-order valence-corrected chi connectivity index (χ0v) is 23.4. The summed E-state index contributed by atoms with van der Waals surface area (Å²) in [5.41, 5.74) is 2.80. The second kappa shape index (κ2) is 13.1. The lowest BCUT2D eigenvalue weighted by Gasteiger charge is -2.23. The SMILES string of the molecule is COc1ccc(CN(Cc2ccc(OC)cc2)S(=O)(=O)c2ccc(COc3cccc(C=O)c3OC)cc2)cc1. The predicted molar refractivity (Wildman–Crippen MR) is 152 cm³/mol. The van der Waals surface area contributed by atoms with Gasteiger partial charge < -0.3 is 18.9 Å². The fraction of sp³-hybridized carbons (Fsp3) is 0.194. The van der Waals surface area contributed by atoms with Crippen LogP contribution >= 0.6 is 0 Å². The van der Waals surface area contributed by atoms with Gasteiger partial charge in [-0.2, -0.15) is 4.31 Å². The van der Waals surface area contributed by atoms with E-state index in [1.54, 1.807) is 56.7 Å². The Morgan fingerprint density at radius 3 is 1.68 bits per heavy atom. The van der Waals surface area contributed by atoms with Crippen LogP contribution in [0, 0.1) is 0 Å². The number of hydrogen-bond donors (Lipinski definition) is 0. The van der Waals surface area contributed by atoms with E-state index in [1.165, 1.54) is 11.4 Å². The van der Waals surface area contributed by atoms with Crippen molar-refractivity contribution >= 4 is 16.3 Å². The third-order valence-electron chi connectivity index (χ3n) is 6.33. The fourth-order valence-corrected chi connectivity index (χ4v) is 5.54. The van der Waals surface area contributed by atoms with Crippen LogP contribution in [0.2, 0.25) is 0 Å². The number of carbonyl (C=O) groups excluding carboxylic acids is 1. The smallest absolute Gasteiger partial charge is 0.243 e. The molecule has 0 aliphatic carbocycles. The minimum atomic E-state index is -3.86. The van der Waals surface area contributed by atoms with E-state index in [9.17, 15) is 13.2 Å². The lowest BCUT2D eigenvalue weighted by Crippen LogP contribution is -2.30. The maximum atomic E-state index is 13.8. The third kappa shape index (κ3) is 6.80. The number of ether oxygens (including phenoxy) is 4. The number of hydrogen-bond acceptors (Lipinski definition) is 7. The molecular formula is C31H31NO7S. The molecule has 0 bridgehead atoms. The topological polar surface area (TPSA) is 91.4 Å².